The molecule has 3 aliphatic rings. The Hall–Kier alpha value is 0.440. The number of rotatable bonds is 7. The number of carboxylic acid groups (broad SMARTS) is 2. The highest BCUT2D eigenvalue weighted by Gasteiger charge is 2.35. The predicted octanol–water partition coefficient (Wildman–Crippen LogP) is 4.26. The molecule has 0 spiro atoms. The van der Waals surface area contributed by atoms with Gasteiger partial charge in [-0.3, -0.25) is 18.7 Å². The molecule has 3 rings (SSSR count). The molecule has 2 saturated heterocycles. The SMILES string of the molecule is CCC1=C(C(=O)O)CN(C)C1.CC[C@@H]1CN(C)CC1C(=O)C=S(C)(C)=O.CC[C@@H]1CN(C)C[C@@H]1C(=O)O.I.II. The summed E-state index contributed by atoms with van der Waals surface area (Å²) in [5.41, 5.74) is 1.66. The third kappa shape index (κ3) is 15.3. The van der Waals surface area contributed by atoms with Crippen LogP contribution in [0.1, 0.15) is 40.0 Å². The summed E-state index contributed by atoms with van der Waals surface area (Å²) in [4.78, 5) is 39.5. The molecule has 3 aliphatic heterocycles. The van der Waals surface area contributed by atoms with Crippen molar-refractivity contribution in [3.8, 4) is 0 Å². The second-order valence-electron chi connectivity index (χ2n) is 11.1. The molecule has 4 atom stereocenters. The Balaban J connectivity index is 0. The number of carbonyl (C=O) groups is 3. The molecule has 0 aromatic carbocycles. The molecule has 2 fully saturated rings. The van der Waals surface area contributed by atoms with Gasteiger partial charge in [0.25, 0.3) is 0 Å². The second kappa shape index (κ2) is 21.2. The monoisotopic (exact) mass is 925 g/mol. The van der Waals surface area contributed by atoms with Gasteiger partial charge in [-0.15, -0.1) is 24.0 Å². The van der Waals surface area contributed by atoms with E-state index in [4.69, 9.17) is 10.2 Å². The van der Waals surface area contributed by atoms with E-state index >= 15 is 0 Å². The first-order chi connectivity index (χ1) is 18.1. The molecule has 40 heavy (non-hydrogen) atoms. The van der Waals surface area contributed by atoms with Crippen molar-refractivity contribution in [2.45, 2.75) is 40.0 Å². The van der Waals surface area contributed by atoms with Gasteiger partial charge in [-0.25, -0.2) is 4.79 Å². The van der Waals surface area contributed by atoms with Crippen LogP contribution >= 0.6 is 61.2 Å². The minimum absolute atomic E-state index is 0. The Morgan fingerprint density at radius 1 is 0.850 bits per heavy atom. The lowest BCUT2D eigenvalue weighted by Gasteiger charge is -2.13. The summed E-state index contributed by atoms with van der Waals surface area (Å²) in [7, 11) is 3.89. The third-order valence-electron chi connectivity index (χ3n) is 7.38. The number of likely N-dealkylation sites (tertiary alicyclic amines) is 2. The van der Waals surface area contributed by atoms with E-state index in [1.165, 1.54) is 5.37 Å². The molecule has 0 aromatic heterocycles. The molecule has 0 bridgehead atoms. The highest BCUT2D eigenvalue weighted by molar-refractivity contribution is 15.0. The summed E-state index contributed by atoms with van der Waals surface area (Å²) in [6.45, 7) is 11.0. The van der Waals surface area contributed by atoms with Crippen LogP contribution in [0.2, 0.25) is 0 Å². The first-order valence-electron chi connectivity index (χ1n) is 13.3. The van der Waals surface area contributed by atoms with E-state index in [1.54, 1.807) is 12.5 Å². The van der Waals surface area contributed by atoms with Crippen molar-refractivity contribution >= 4 is 93.8 Å². The van der Waals surface area contributed by atoms with E-state index < -0.39 is 21.5 Å². The summed E-state index contributed by atoms with van der Waals surface area (Å²) in [5.74, 6) is -0.614. The fourth-order valence-electron chi connectivity index (χ4n) is 5.37. The maximum Gasteiger partial charge on any atom is 0.332 e. The molecular weight excluding hydrogens is 875 g/mol. The summed E-state index contributed by atoms with van der Waals surface area (Å²) in [5, 5.41) is 19.0. The molecule has 0 saturated carbocycles. The topological polar surface area (TPSA) is 118 Å². The van der Waals surface area contributed by atoms with Crippen LogP contribution in [-0.2, 0) is 23.9 Å². The molecular formula is C27H50I3N3O6S. The van der Waals surface area contributed by atoms with Gasteiger partial charge in [0.1, 0.15) is 0 Å². The Bertz CT molecular complexity index is 963. The van der Waals surface area contributed by atoms with E-state index in [9.17, 15) is 18.6 Å². The molecule has 0 aromatic rings. The van der Waals surface area contributed by atoms with Gasteiger partial charge >= 0.3 is 11.9 Å². The van der Waals surface area contributed by atoms with Crippen LogP contribution in [0.5, 0.6) is 0 Å². The van der Waals surface area contributed by atoms with Gasteiger partial charge in [0.15, 0.2) is 5.78 Å². The summed E-state index contributed by atoms with van der Waals surface area (Å²) < 4.78 is 11.5. The number of aliphatic carboxylic acids is 2. The second-order valence-corrected chi connectivity index (χ2v) is 13.9. The number of carbonyl (C=O) groups excluding carboxylic acids is 1. The highest BCUT2D eigenvalue weighted by Crippen LogP contribution is 2.26. The minimum Gasteiger partial charge on any atom is -0.481 e. The Labute approximate surface area is 282 Å². The molecule has 9 nitrogen and oxygen atoms in total. The van der Waals surface area contributed by atoms with Crippen molar-refractivity contribution in [1.82, 2.24) is 14.7 Å². The maximum absolute atomic E-state index is 11.9. The Kier molecular flexibility index (Phi) is 22.6. The number of likely N-dealkylation sites (N-methyl/N-ethyl adjacent to an activating group) is 1. The van der Waals surface area contributed by atoms with Crippen LogP contribution < -0.4 is 0 Å². The largest absolute Gasteiger partial charge is 0.481 e. The lowest BCUT2D eigenvalue weighted by Crippen LogP contribution is -2.25. The molecule has 1 unspecified atom stereocenters. The Morgan fingerprint density at radius 2 is 1.30 bits per heavy atom. The van der Waals surface area contributed by atoms with Crippen LogP contribution in [0, 0.1) is 23.7 Å². The van der Waals surface area contributed by atoms with E-state index in [0.717, 1.165) is 51.0 Å². The van der Waals surface area contributed by atoms with Crippen LogP contribution in [0.4, 0.5) is 0 Å². The molecule has 0 amide bonds. The van der Waals surface area contributed by atoms with Crippen molar-refractivity contribution in [2.24, 2.45) is 23.7 Å². The zero-order valence-electron chi connectivity index (χ0n) is 25.2. The quantitative estimate of drug-likeness (QED) is 0.286. The maximum atomic E-state index is 11.9. The normalized spacial score (nSPS) is 24.9. The fraction of sp³-hybridized carbons (Fsp3) is 0.778. The van der Waals surface area contributed by atoms with Gasteiger partial charge in [0.05, 0.1) is 11.5 Å². The van der Waals surface area contributed by atoms with E-state index in [1.807, 2.05) is 33.0 Å². The zero-order valence-corrected chi connectivity index (χ0v) is 32.7. The van der Waals surface area contributed by atoms with Crippen LogP contribution in [0.25, 0.3) is 0 Å². The van der Waals surface area contributed by atoms with E-state index in [0.29, 0.717) is 30.5 Å². The van der Waals surface area contributed by atoms with Crippen LogP contribution in [0.3, 0.4) is 0 Å². The molecule has 13 heteroatoms. The molecule has 2 N–H and O–H groups in total. The first-order valence-corrected chi connectivity index (χ1v) is 22.0. The van der Waals surface area contributed by atoms with Crippen LogP contribution in [-0.4, -0.2) is 125 Å². The van der Waals surface area contributed by atoms with Gasteiger partial charge in [-0.2, -0.15) is 0 Å². The van der Waals surface area contributed by atoms with E-state index in [2.05, 4.69) is 60.9 Å². The number of hydrogen-bond acceptors (Lipinski definition) is 7. The number of carboxylic acids is 2. The molecule has 236 valence electrons. The summed E-state index contributed by atoms with van der Waals surface area (Å²) >= 11 is 4.24. The number of nitrogens with zero attached hydrogens (tertiary/aromatic N) is 3. The lowest BCUT2D eigenvalue weighted by atomic mass is 9.91. The first kappa shape index (κ1) is 42.6. The number of Topliss-reactive ketones (excluding diaryl/α,β-unsaturated/α-hetero) is 1. The minimum atomic E-state index is -2.05. The zero-order chi connectivity index (χ0) is 30.5. The average Bonchev–Trinajstić information content (AvgIpc) is 3.55. The smallest absolute Gasteiger partial charge is 0.332 e. The van der Waals surface area contributed by atoms with Gasteiger partial charge < -0.3 is 20.0 Å². The van der Waals surface area contributed by atoms with Crippen molar-refractivity contribution < 1.29 is 28.8 Å². The van der Waals surface area contributed by atoms with Gasteiger partial charge in [0.2, 0.25) is 0 Å². The van der Waals surface area contributed by atoms with Crippen molar-refractivity contribution in [3.63, 3.8) is 0 Å². The van der Waals surface area contributed by atoms with Crippen LogP contribution in [0.15, 0.2) is 11.1 Å². The summed E-state index contributed by atoms with van der Waals surface area (Å²) in [6, 6.07) is 0. The van der Waals surface area contributed by atoms with E-state index in [-0.39, 0.29) is 41.6 Å². The number of halogens is 3. The van der Waals surface area contributed by atoms with Gasteiger partial charge in [-0.05, 0) is 54.5 Å². The van der Waals surface area contributed by atoms with Gasteiger partial charge in [-0.1, -0.05) is 33.6 Å². The molecule has 3 heterocycles. The third-order valence-corrected chi connectivity index (χ3v) is 8.18. The number of ketones is 1. The fourth-order valence-corrected chi connectivity index (χ4v) is 6.11. The van der Waals surface area contributed by atoms with Crippen molar-refractivity contribution in [3.05, 3.63) is 11.1 Å². The van der Waals surface area contributed by atoms with Crippen molar-refractivity contribution in [2.75, 3.05) is 72.9 Å². The average molecular weight is 925 g/mol. The predicted molar refractivity (Wildman–Crippen MR) is 194 cm³/mol. The lowest BCUT2D eigenvalue weighted by molar-refractivity contribution is -0.142. The standard InChI is InChI=1S/C11H21NO2S.C8H15NO2.C8H13NO2.I2.HI/c1-5-9-6-12(2)7-10(9)11(13)8-15(3,4)14;2*1-3-6-4-9(2)5-7(6)8(10)11;1-2;/h8-10H,5-7H2,1-4H3;6-7H,3-5H2,1-2H3,(H,10,11);3-5H2,1-2H3,(H,10,11);;1H/t9-,10?;6-,7+;;;/m11.../s1. The summed E-state index contributed by atoms with van der Waals surface area (Å²) in [6.07, 6.45) is 6.07. The Morgan fingerprint density at radius 3 is 1.62 bits per heavy atom. The van der Waals surface area contributed by atoms with Gasteiger partial charge in [0, 0.05) is 100 Å². The molecule has 0 aliphatic carbocycles. The molecule has 0 radical (unpaired) electrons. The van der Waals surface area contributed by atoms with Crippen molar-refractivity contribution in [1.29, 1.82) is 0 Å². The highest BCUT2D eigenvalue weighted by atomic mass is 128. The number of hydrogen-bond donors (Lipinski definition) is 2.